The van der Waals surface area contributed by atoms with Crippen LogP contribution in [-0.2, 0) is 16.1 Å². The number of methoxy groups -OCH3 is 1. The molecule has 1 heterocycles. The number of carboxylic acids is 2. The van der Waals surface area contributed by atoms with Gasteiger partial charge in [0.2, 0.25) is 0 Å². The molecular weight excluding hydrogens is 412 g/mol. The predicted molar refractivity (Wildman–Crippen MR) is 121 cm³/mol. The van der Waals surface area contributed by atoms with Crippen LogP contribution >= 0.6 is 0 Å². The summed E-state index contributed by atoms with van der Waals surface area (Å²) in [5.41, 5.74) is 1.41. The molecule has 174 valence electrons. The number of carbonyl (C=O) groups is 2. The Morgan fingerprint density at radius 1 is 0.812 bits per heavy atom. The summed E-state index contributed by atoms with van der Waals surface area (Å²) >= 11 is 0. The van der Waals surface area contributed by atoms with Crippen molar-refractivity contribution in [3.63, 3.8) is 0 Å². The molecule has 32 heavy (non-hydrogen) atoms. The Kier molecular flexibility index (Phi) is 11.1. The van der Waals surface area contributed by atoms with Gasteiger partial charge in [0.1, 0.15) is 0 Å². The van der Waals surface area contributed by atoms with Gasteiger partial charge in [-0.05, 0) is 37.1 Å². The number of hydrogen-bond acceptors (Lipinski definition) is 6. The van der Waals surface area contributed by atoms with Crippen LogP contribution in [0.2, 0.25) is 0 Å². The summed E-state index contributed by atoms with van der Waals surface area (Å²) in [5.74, 6) is -2.00. The van der Waals surface area contributed by atoms with E-state index in [1.54, 1.807) is 7.11 Å². The normalized spacial score (nSPS) is 14.2. The van der Waals surface area contributed by atoms with Crippen LogP contribution in [0.4, 0.5) is 0 Å². The second kappa shape index (κ2) is 14.1. The lowest BCUT2D eigenvalue weighted by atomic mass is 10.2. The van der Waals surface area contributed by atoms with Crippen molar-refractivity contribution in [1.82, 2.24) is 9.80 Å². The number of carboxylic acid groups (broad SMARTS) is 2. The predicted octanol–water partition coefficient (Wildman–Crippen LogP) is 2.83. The molecule has 2 N–H and O–H groups in total. The van der Waals surface area contributed by atoms with Gasteiger partial charge in [-0.1, -0.05) is 42.5 Å². The highest BCUT2D eigenvalue weighted by Gasteiger charge is 2.16. The van der Waals surface area contributed by atoms with Crippen molar-refractivity contribution in [2.75, 3.05) is 46.4 Å². The smallest absolute Gasteiger partial charge is 0.414 e. The van der Waals surface area contributed by atoms with E-state index in [0.717, 1.165) is 50.7 Å². The first-order chi connectivity index (χ1) is 15.5. The zero-order valence-electron chi connectivity index (χ0n) is 18.5. The summed E-state index contributed by atoms with van der Waals surface area (Å²) in [6.07, 6.45) is 2.25. The molecule has 0 radical (unpaired) electrons. The molecule has 1 aliphatic heterocycles. The van der Waals surface area contributed by atoms with Gasteiger partial charge in [-0.15, -0.1) is 0 Å². The summed E-state index contributed by atoms with van der Waals surface area (Å²) in [5, 5.41) is 14.8. The van der Waals surface area contributed by atoms with Crippen molar-refractivity contribution in [1.29, 1.82) is 0 Å². The van der Waals surface area contributed by atoms with E-state index in [-0.39, 0.29) is 0 Å². The topological polar surface area (TPSA) is 99.5 Å². The Morgan fingerprint density at radius 3 is 1.97 bits per heavy atom. The summed E-state index contributed by atoms with van der Waals surface area (Å²) in [4.78, 5) is 23.3. The average Bonchev–Trinajstić information content (AvgIpc) is 2.81. The number of nitrogens with zero attached hydrogens (tertiary/aromatic N) is 2. The molecule has 8 nitrogen and oxygen atoms in total. The second-order valence-electron chi connectivity index (χ2n) is 7.42. The zero-order valence-corrected chi connectivity index (χ0v) is 18.5. The van der Waals surface area contributed by atoms with Gasteiger partial charge >= 0.3 is 11.9 Å². The molecule has 2 aromatic carbocycles. The van der Waals surface area contributed by atoms with E-state index >= 15 is 0 Å². The number of hydrogen-bond donors (Lipinski definition) is 2. The summed E-state index contributed by atoms with van der Waals surface area (Å²) in [6.45, 7) is 7.63. The van der Waals surface area contributed by atoms with Gasteiger partial charge in [0.15, 0.2) is 11.5 Å². The molecule has 1 saturated heterocycles. The largest absolute Gasteiger partial charge is 0.493 e. The van der Waals surface area contributed by atoms with E-state index in [1.807, 2.05) is 24.3 Å². The Bertz CT molecular complexity index is 810. The molecule has 3 rings (SSSR count). The first kappa shape index (κ1) is 25.2. The quantitative estimate of drug-likeness (QED) is 0.450. The van der Waals surface area contributed by atoms with Gasteiger partial charge in [-0.3, -0.25) is 4.90 Å². The van der Waals surface area contributed by atoms with Gasteiger partial charge in [0, 0.05) is 32.7 Å². The van der Waals surface area contributed by atoms with E-state index in [0.29, 0.717) is 0 Å². The van der Waals surface area contributed by atoms with Crippen molar-refractivity contribution in [2.45, 2.75) is 19.4 Å². The van der Waals surface area contributed by atoms with E-state index in [9.17, 15) is 0 Å². The average molecular weight is 445 g/mol. The van der Waals surface area contributed by atoms with Crippen LogP contribution in [0.3, 0.4) is 0 Å². The highest BCUT2D eigenvalue weighted by molar-refractivity contribution is 6.27. The van der Waals surface area contributed by atoms with E-state index in [2.05, 4.69) is 40.1 Å². The van der Waals surface area contributed by atoms with Crippen LogP contribution in [0.5, 0.6) is 11.5 Å². The number of piperazine rings is 1. The molecule has 0 spiro atoms. The molecule has 0 aromatic heterocycles. The molecule has 0 saturated carbocycles. The van der Waals surface area contributed by atoms with Gasteiger partial charge in [0.25, 0.3) is 0 Å². The molecule has 0 aliphatic carbocycles. The number of aliphatic carboxylic acids is 2. The fourth-order valence-electron chi connectivity index (χ4n) is 3.37. The van der Waals surface area contributed by atoms with Crippen molar-refractivity contribution in [2.24, 2.45) is 0 Å². The minimum atomic E-state index is -1.82. The Hall–Kier alpha value is -3.10. The van der Waals surface area contributed by atoms with Gasteiger partial charge in [0.05, 0.1) is 13.7 Å². The van der Waals surface area contributed by atoms with Crippen LogP contribution in [0.25, 0.3) is 0 Å². The first-order valence-electron chi connectivity index (χ1n) is 10.7. The highest BCUT2D eigenvalue weighted by Crippen LogP contribution is 2.25. The maximum Gasteiger partial charge on any atom is 0.414 e. The van der Waals surface area contributed by atoms with Crippen molar-refractivity contribution < 1.29 is 29.3 Å². The third-order valence-corrected chi connectivity index (χ3v) is 5.09. The molecule has 1 fully saturated rings. The lowest BCUT2D eigenvalue weighted by molar-refractivity contribution is -0.159. The maximum absolute atomic E-state index is 9.10. The van der Waals surface area contributed by atoms with Gasteiger partial charge < -0.3 is 24.6 Å². The fraction of sp³-hybridized carbons (Fsp3) is 0.417. The maximum atomic E-state index is 9.10. The molecule has 0 bridgehead atoms. The van der Waals surface area contributed by atoms with Crippen molar-refractivity contribution >= 4 is 11.9 Å². The van der Waals surface area contributed by atoms with E-state index in [1.165, 1.54) is 25.1 Å². The molecule has 0 atom stereocenters. The minimum Gasteiger partial charge on any atom is -0.493 e. The number of benzene rings is 2. The lowest BCUT2D eigenvalue weighted by Gasteiger charge is -2.34. The molecule has 8 heteroatoms. The second-order valence-corrected chi connectivity index (χ2v) is 7.42. The number of ether oxygens (including phenoxy) is 2. The van der Waals surface area contributed by atoms with E-state index in [4.69, 9.17) is 29.3 Å². The standard InChI is InChI=1S/C22H30N2O2.C2H2O4/c1-25-21-11-5-6-12-22(21)26-18-8-7-13-23-14-16-24(17-15-23)19-20-9-3-2-4-10-20;3-1(4)2(5)6/h2-6,9-12H,7-8,13-19H2,1H3;(H,3,4)(H,5,6). The first-order valence-corrected chi connectivity index (χ1v) is 10.7. The molecular formula is C24H32N2O6. The van der Waals surface area contributed by atoms with Crippen LogP contribution < -0.4 is 9.47 Å². The number of para-hydroxylation sites is 2. The number of unbranched alkanes of at least 4 members (excludes halogenated alkanes) is 1. The fourth-order valence-corrected chi connectivity index (χ4v) is 3.37. The van der Waals surface area contributed by atoms with Gasteiger partial charge in [-0.25, -0.2) is 9.59 Å². The molecule has 1 aliphatic rings. The highest BCUT2D eigenvalue weighted by atomic mass is 16.5. The molecule has 2 aromatic rings. The van der Waals surface area contributed by atoms with Gasteiger partial charge in [-0.2, -0.15) is 0 Å². The molecule has 0 unspecified atom stereocenters. The van der Waals surface area contributed by atoms with Crippen LogP contribution in [0.15, 0.2) is 54.6 Å². The Morgan fingerprint density at radius 2 is 1.38 bits per heavy atom. The van der Waals surface area contributed by atoms with E-state index < -0.39 is 11.9 Å². The Balaban J connectivity index is 0.000000534. The van der Waals surface area contributed by atoms with Crippen molar-refractivity contribution in [3.8, 4) is 11.5 Å². The third-order valence-electron chi connectivity index (χ3n) is 5.09. The third kappa shape index (κ3) is 9.36. The van der Waals surface area contributed by atoms with Crippen molar-refractivity contribution in [3.05, 3.63) is 60.2 Å². The lowest BCUT2D eigenvalue weighted by Crippen LogP contribution is -2.46. The summed E-state index contributed by atoms with van der Waals surface area (Å²) in [7, 11) is 1.68. The van der Waals surface area contributed by atoms with Crippen LogP contribution in [0, 0.1) is 0 Å². The number of rotatable bonds is 9. The summed E-state index contributed by atoms with van der Waals surface area (Å²) < 4.78 is 11.2. The molecule has 0 amide bonds. The zero-order chi connectivity index (χ0) is 23.2. The minimum absolute atomic E-state index is 0.744. The summed E-state index contributed by atoms with van der Waals surface area (Å²) in [6, 6.07) is 18.6. The monoisotopic (exact) mass is 444 g/mol. The Labute approximate surface area is 189 Å². The van der Waals surface area contributed by atoms with Crippen LogP contribution in [0.1, 0.15) is 18.4 Å². The van der Waals surface area contributed by atoms with Crippen LogP contribution in [-0.4, -0.2) is 78.4 Å². The SMILES string of the molecule is COc1ccccc1OCCCCN1CCN(Cc2ccccc2)CC1.O=C(O)C(=O)O.